The van der Waals surface area contributed by atoms with Gasteiger partial charge in [0, 0.05) is 0 Å². The van der Waals surface area contributed by atoms with Crippen molar-refractivity contribution in [3.8, 4) is 0 Å². The average molecular weight is 478 g/mol. The molecule has 0 bridgehead atoms. The first kappa shape index (κ1) is 27.5. The first-order valence-corrected chi connectivity index (χ1v) is 21.7. The zero-order valence-corrected chi connectivity index (χ0v) is 24.3. The second-order valence-corrected chi connectivity index (χ2v) is 19.8. The lowest BCUT2D eigenvalue weighted by Gasteiger charge is -2.33. The van der Waals surface area contributed by atoms with Gasteiger partial charge in [-0.05, 0) is 48.6 Å². The van der Waals surface area contributed by atoms with E-state index < -0.39 is 0 Å². The summed E-state index contributed by atoms with van der Waals surface area (Å²) < 4.78 is 0. The molecule has 0 aromatic rings. The van der Waals surface area contributed by atoms with Gasteiger partial charge in [0.25, 0.3) is 0 Å². The molecule has 12 unspecified atom stereocenters. The van der Waals surface area contributed by atoms with E-state index in [4.69, 9.17) is 0 Å². The largest absolute Gasteiger partial charge is 0.137 e. The lowest BCUT2D eigenvalue weighted by Crippen LogP contribution is -2.26. The van der Waals surface area contributed by atoms with Crippen LogP contribution in [0.4, 0.5) is 0 Å². The summed E-state index contributed by atoms with van der Waals surface area (Å²) in [6.45, 7) is 4.61. The average Bonchev–Trinajstić information content (AvgIpc) is 2.52. The molecule has 0 N–H and O–H groups in total. The van der Waals surface area contributed by atoms with Crippen molar-refractivity contribution in [1.29, 1.82) is 0 Å². The van der Waals surface area contributed by atoms with Crippen LogP contribution in [0.15, 0.2) is 0 Å². The summed E-state index contributed by atoms with van der Waals surface area (Å²) in [5, 5.41) is 0. The van der Waals surface area contributed by atoms with Gasteiger partial charge in [-0.3, -0.25) is 0 Å². The standard InChI is InChI=1S/C6H21P7.C5H15P3/c1-2-6(3-7,4-11-8)5-13(10)12-9;1-2-5(3-6)4-8-7/h11-12H,2-5,7-10H2,1H3;5,8H,2-4,6-7H2,1H3. The first-order valence-electron chi connectivity index (χ1n) is 7.24. The monoisotopic (exact) mass is 478 g/mol. The summed E-state index contributed by atoms with van der Waals surface area (Å²) >= 11 is 0. The Kier molecular flexibility index (Phi) is 25.0. The van der Waals surface area contributed by atoms with Gasteiger partial charge in [0.05, 0.1) is 0 Å². The number of hydrogen-bond donors (Lipinski definition) is 0. The lowest BCUT2D eigenvalue weighted by atomic mass is 9.92. The van der Waals surface area contributed by atoms with Gasteiger partial charge in [0.1, 0.15) is 0 Å². The Labute approximate surface area is 154 Å². The van der Waals surface area contributed by atoms with E-state index in [0.29, 0.717) is 5.41 Å². The molecule has 0 fully saturated rings. The smallest absolute Gasteiger partial charge is 0.0180 e. The highest BCUT2D eigenvalue weighted by Gasteiger charge is 2.27. The normalized spacial score (nSPS) is 18.3. The fourth-order valence-corrected chi connectivity index (χ4v) is 12.5. The zero-order valence-electron chi connectivity index (χ0n) is 13.4. The molecule has 0 aliphatic carbocycles. The highest BCUT2D eigenvalue weighted by molar-refractivity contribution is 8.61. The van der Waals surface area contributed by atoms with Gasteiger partial charge in [-0.15, -0.1) is 70.7 Å². The Balaban J connectivity index is 0. The van der Waals surface area contributed by atoms with Gasteiger partial charge in [-0.1, -0.05) is 35.5 Å². The molecule has 0 aromatic carbocycles. The van der Waals surface area contributed by atoms with Crippen LogP contribution < -0.4 is 0 Å². The molecule has 21 heavy (non-hydrogen) atoms. The van der Waals surface area contributed by atoms with Crippen LogP contribution in [0.1, 0.15) is 26.7 Å². The SMILES string of the molecule is CCC(CP)(CPP)CP(P)PP.CCC(CP)CPP. The van der Waals surface area contributed by atoms with Crippen LogP contribution in [0.25, 0.3) is 0 Å². The Morgan fingerprint density at radius 2 is 1.71 bits per heavy atom. The molecule has 0 spiro atoms. The van der Waals surface area contributed by atoms with Crippen LogP contribution >= 0.6 is 86.0 Å². The van der Waals surface area contributed by atoms with E-state index in [2.05, 4.69) is 68.0 Å². The van der Waals surface area contributed by atoms with Crippen molar-refractivity contribution < 1.29 is 0 Å². The zero-order chi connectivity index (χ0) is 16.7. The Morgan fingerprint density at radius 1 is 1.10 bits per heavy atom. The van der Waals surface area contributed by atoms with E-state index in [-0.39, 0.29) is 7.30 Å². The van der Waals surface area contributed by atoms with E-state index in [1.807, 2.05) is 0 Å². The van der Waals surface area contributed by atoms with Gasteiger partial charge < -0.3 is 0 Å². The minimum absolute atomic E-state index is 0.200. The molecule has 0 rings (SSSR count). The van der Waals surface area contributed by atoms with E-state index in [1.54, 1.807) is 0 Å². The van der Waals surface area contributed by atoms with Crippen LogP contribution in [-0.2, 0) is 0 Å². The fraction of sp³-hybridized carbons (Fsp3) is 1.00. The first-order chi connectivity index (χ1) is 9.98. The third-order valence-electron chi connectivity index (χ3n) is 3.65. The molecule has 0 saturated carbocycles. The molecule has 0 radical (unpaired) electrons. The quantitative estimate of drug-likeness (QED) is 0.289. The van der Waals surface area contributed by atoms with Gasteiger partial charge in [0.2, 0.25) is 0 Å². The van der Waals surface area contributed by atoms with Crippen molar-refractivity contribution in [3.05, 3.63) is 0 Å². The fourth-order valence-electron chi connectivity index (χ4n) is 1.76. The number of hydrogen-bond acceptors (Lipinski definition) is 0. The second kappa shape index (κ2) is 19.1. The van der Waals surface area contributed by atoms with Crippen molar-refractivity contribution in [2.45, 2.75) is 26.7 Å². The van der Waals surface area contributed by atoms with E-state index in [1.165, 1.54) is 43.7 Å². The van der Waals surface area contributed by atoms with Gasteiger partial charge in [-0.2, -0.15) is 0 Å². The maximum absolute atomic E-state index is 3.05. The molecular formula is C11H36P10. The van der Waals surface area contributed by atoms with Gasteiger partial charge >= 0.3 is 0 Å². The second-order valence-electron chi connectivity index (χ2n) is 5.11. The molecule has 10 heteroatoms. The minimum atomic E-state index is 0.200. The van der Waals surface area contributed by atoms with Crippen LogP contribution in [0.2, 0.25) is 0 Å². The van der Waals surface area contributed by atoms with Crippen molar-refractivity contribution in [2.24, 2.45) is 11.3 Å². The van der Waals surface area contributed by atoms with E-state index in [0.717, 1.165) is 30.4 Å². The molecule has 0 nitrogen and oxygen atoms in total. The Morgan fingerprint density at radius 3 is 1.95 bits per heavy atom. The summed E-state index contributed by atoms with van der Waals surface area (Å²) in [7, 11) is 20.7. The molecule has 0 aromatic heterocycles. The van der Waals surface area contributed by atoms with Crippen molar-refractivity contribution in [3.63, 3.8) is 0 Å². The Bertz CT molecular complexity index is 207. The predicted molar refractivity (Wildman–Crippen MR) is 141 cm³/mol. The molecule has 0 saturated heterocycles. The van der Waals surface area contributed by atoms with Crippen LogP contribution in [0, 0.1) is 11.3 Å². The summed E-state index contributed by atoms with van der Waals surface area (Å²) in [6.07, 6.45) is 9.43. The summed E-state index contributed by atoms with van der Waals surface area (Å²) in [5.74, 6) is 0.954. The van der Waals surface area contributed by atoms with E-state index >= 15 is 0 Å². The molecule has 0 heterocycles. The summed E-state index contributed by atoms with van der Waals surface area (Å²) in [6, 6.07) is 0. The van der Waals surface area contributed by atoms with Crippen molar-refractivity contribution in [2.75, 3.05) is 30.8 Å². The van der Waals surface area contributed by atoms with E-state index in [9.17, 15) is 0 Å². The van der Waals surface area contributed by atoms with Gasteiger partial charge in [-0.25, -0.2) is 0 Å². The highest BCUT2D eigenvalue weighted by atomic mass is 32.6. The topological polar surface area (TPSA) is 0 Å². The van der Waals surface area contributed by atoms with Crippen LogP contribution in [0.3, 0.4) is 0 Å². The maximum atomic E-state index is 3.05. The molecular weight excluding hydrogens is 442 g/mol. The third kappa shape index (κ3) is 15.1. The van der Waals surface area contributed by atoms with Crippen molar-refractivity contribution >= 4 is 86.0 Å². The molecule has 0 aliphatic heterocycles. The van der Waals surface area contributed by atoms with Crippen molar-refractivity contribution in [1.82, 2.24) is 0 Å². The van der Waals surface area contributed by atoms with Gasteiger partial charge in [0.15, 0.2) is 0 Å². The van der Waals surface area contributed by atoms with Crippen LogP contribution in [-0.4, -0.2) is 30.8 Å². The minimum Gasteiger partial charge on any atom is -0.137 e. The third-order valence-corrected chi connectivity index (χ3v) is 18.6. The molecule has 0 aliphatic rings. The predicted octanol–water partition coefficient (Wildman–Crippen LogP) is 6.74. The Hall–Kier alpha value is 4.30. The summed E-state index contributed by atoms with van der Waals surface area (Å²) in [5.41, 5.74) is 0.613. The molecule has 12 atom stereocenters. The lowest BCUT2D eigenvalue weighted by molar-refractivity contribution is 0.426. The maximum Gasteiger partial charge on any atom is -0.0180 e. The number of rotatable bonds is 11. The van der Waals surface area contributed by atoms with Crippen LogP contribution in [0.5, 0.6) is 0 Å². The summed E-state index contributed by atoms with van der Waals surface area (Å²) in [4.78, 5) is 0. The molecule has 130 valence electrons. The highest BCUT2D eigenvalue weighted by Crippen LogP contribution is 2.68. The molecule has 0 amide bonds.